The van der Waals surface area contributed by atoms with Gasteiger partial charge in [0.2, 0.25) is 0 Å². The maximum absolute atomic E-state index is 13.0. The molecule has 0 bridgehead atoms. The lowest BCUT2D eigenvalue weighted by Crippen LogP contribution is -2.32. The van der Waals surface area contributed by atoms with E-state index in [4.69, 9.17) is 5.73 Å². The summed E-state index contributed by atoms with van der Waals surface area (Å²) in [5, 5.41) is 6.65. The Balaban J connectivity index is 0.000000141. The van der Waals surface area contributed by atoms with E-state index in [-0.39, 0.29) is 11.4 Å². The van der Waals surface area contributed by atoms with Crippen molar-refractivity contribution in [3.05, 3.63) is 133 Å². The highest BCUT2D eigenvalue weighted by Gasteiger charge is 2.41. The van der Waals surface area contributed by atoms with Crippen LogP contribution in [0.3, 0.4) is 0 Å². The van der Waals surface area contributed by atoms with Crippen LogP contribution in [0.25, 0.3) is 0 Å². The molecule has 5 nitrogen and oxygen atoms in total. The van der Waals surface area contributed by atoms with Gasteiger partial charge in [-0.2, -0.15) is 0 Å². The van der Waals surface area contributed by atoms with Crippen LogP contribution in [0, 0.1) is 5.82 Å². The summed E-state index contributed by atoms with van der Waals surface area (Å²) < 4.78 is 13.0. The molecule has 1 saturated carbocycles. The number of hydrogen-bond acceptors (Lipinski definition) is 5. The van der Waals surface area contributed by atoms with Crippen molar-refractivity contribution in [2.24, 2.45) is 5.73 Å². The van der Waals surface area contributed by atoms with Gasteiger partial charge in [0.15, 0.2) is 0 Å². The lowest BCUT2D eigenvalue weighted by atomic mass is 10.1. The lowest BCUT2D eigenvalue weighted by Gasteiger charge is -2.22. The standard InChI is InChI=1S/C14H20N2.C11H12N2.C9H10FN/c1-12(14-9-6-10-16(14)2)15-11-13-7-4-3-5-8-13;1-3-8-13-9(2)12-10-6-4-5-7-11(10)13;10-8-4-2-1-3-7(8)9(11)5-6-9/h3-5,7-8,14-15H,1,6,9-11H2,2H3;3-7,12H,1-2,8H2;1-4H,5-6,11H2. The van der Waals surface area contributed by atoms with E-state index in [2.05, 4.69) is 77.5 Å². The number of anilines is 2. The zero-order valence-corrected chi connectivity index (χ0v) is 23.6. The molecule has 0 aromatic heterocycles. The maximum atomic E-state index is 13.0. The quantitative estimate of drug-likeness (QED) is 0.291. The molecule has 1 atom stereocenters. The second kappa shape index (κ2) is 13.5. The lowest BCUT2D eigenvalue weighted by molar-refractivity contribution is 0.334. The van der Waals surface area contributed by atoms with Crippen LogP contribution >= 0.6 is 0 Å². The van der Waals surface area contributed by atoms with Gasteiger partial charge < -0.3 is 21.3 Å². The predicted octanol–water partition coefficient (Wildman–Crippen LogP) is 6.73. The summed E-state index contributed by atoms with van der Waals surface area (Å²) in [7, 11) is 2.17. The van der Waals surface area contributed by atoms with E-state index in [0.717, 1.165) is 43.1 Å². The van der Waals surface area contributed by atoms with E-state index >= 15 is 0 Å². The molecule has 6 heteroatoms. The first-order chi connectivity index (χ1) is 19.3. The number of rotatable bonds is 7. The molecule has 2 aliphatic heterocycles. The van der Waals surface area contributed by atoms with Crippen molar-refractivity contribution >= 4 is 11.4 Å². The van der Waals surface area contributed by atoms with Crippen molar-refractivity contribution < 1.29 is 4.39 Å². The number of nitrogens with zero attached hydrogens (tertiary/aromatic N) is 2. The molecule has 0 spiro atoms. The zero-order valence-electron chi connectivity index (χ0n) is 23.6. The number of likely N-dealkylation sites (N-methyl/N-ethyl adjacent to an activating group) is 1. The third-order valence-electron chi connectivity index (χ3n) is 7.60. The fourth-order valence-corrected chi connectivity index (χ4v) is 5.07. The first kappa shape index (κ1) is 29.1. The second-order valence-electron chi connectivity index (χ2n) is 10.6. The molecule has 0 amide bonds. The molecule has 2 fully saturated rings. The van der Waals surface area contributed by atoms with Gasteiger partial charge in [0.25, 0.3) is 0 Å². The van der Waals surface area contributed by atoms with E-state index < -0.39 is 0 Å². The summed E-state index contributed by atoms with van der Waals surface area (Å²) >= 11 is 0. The normalized spacial score (nSPS) is 18.3. The summed E-state index contributed by atoms with van der Waals surface area (Å²) in [6.45, 7) is 14.7. The summed E-state index contributed by atoms with van der Waals surface area (Å²) in [6.07, 6.45) is 6.21. The Labute approximate surface area is 238 Å². The Morgan fingerprint density at radius 2 is 1.75 bits per heavy atom. The molecular formula is C34H42FN5. The van der Waals surface area contributed by atoms with Crippen LogP contribution in [0.1, 0.15) is 36.8 Å². The van der Waals surface area contributed by atoms with Crippen molar-refractivity contribution in [3.8, 4) is 0 Å². The van der Waals surface area contributed by atoms with Crippen molar-refractivity contribution in [1.82, 2.24) is 10.2 Å². The van der Waals surface area contributed by atoms with Gasteiger partial charge in [-0.15, -0.1) is 6.58 Å². The van der Waals surface area contributed by atoms with E-state index in [9.17, 15) is 4.39 Å². The second-order valence-corrected chi connectivity index (χ2v) is 10.6. The van der Waals surface area contributed by atoms with Crippen LogP contribution in [0.2, 0.25) is 0 Å². The number of para-hydroxylation sites is 2. The highest BCUT2D eigenvalue weighted by molar-refractivity contribution is 5.80. The number of benzene rings is 3. The number of likely N-dealkylation sites (tertiary alicyclic amines) is 1. The topological polar surface area (TPSA) is 56.6 Å². The predicted molar refractivity (Wildman–Crippen MR) is 166 cm³/mol. The fraction of sp³-hybridized carbons (Fsp3) is 0.294. The van der Waals surface area contributed by atoms with Crippen molar-refractivity contribution in [2.75, 3.05) is 30.4 Å². The summed E-state index contributed by atoms with van der Waals surface area (Å²) in [6, 6.07) is 25.9. The van der Waals surface area contributed by atoms with Gasteiger partial charge >= 0.3 is 0 Å². The highest BCUT2D eigenvalue weighted by Crippen LogP contribution is 2.43. The van der Waals surface area contributed by atoms with E-state index in [1.807, 2.05) is 36.4 Å². The van der Waals surface area contributed by atoms with Crippen LogP contribution in [-0.2, 0) is 12.1 Å². The smallest absolute Gasteiger partial charge is 0.128 e. The fourth-order valence-electron chi connectivity index (χ4n) is 5.07. The Hall–Kier alpha value is -3.87. The van der Waals surface area contributed by atoms with Crippen LogP contribution in [-0.4, -0.2) is 31.1 Å². The molecule has 1 aliphatic carbocycles. The highest BCUT2D eigenvalue weighted by atomic mass is 19.1. The van der Waals surface area contributed by atoms with E-state index in [1.165, 1.54) is 36.7 Å². The van der Waals surface area contributed by atoms with Gasteiger partial charge in [-0.3, -0.25) is 4.90 Å². The minimum absolute atomic E-state index is 0.174. The average Bonchev–Trinajstić information content (AvgIpc) is 3.43. The number of nitrogens with two attached hydrogens (primary N) is 1. The average molecular weight is 540 g/mol. The third kappa shape index (κ3) is 7.40. The van der Waals surface area contributed by atoms with Crippen molar-refractivity contribution in [2.45, 2.75) is 43.8 Å². The molecule has 210 valence electrons. The minimum Gasteiger partial charge on any atom is -0.383 e. The van der Waals surface area contributed by atoms with E-state index in [1.54, 1.807) is 12.1 Å². The van der Waals surface area contributed by atoms with Crippen molar-refractivity contribution in [1.29, 1.82) is 0 Å². The molecule has 4 N–H and O–H groups in total. The molecule has 40 heavy (non-hydrogen) atoms. The molecule has 3 aliphatic rings. The van der Waals surface area contributed by atoms with Gasteiger partial charge in [-0.25, -0.2) is 4.39 Å². The first-order valence-corrected chi connectivity index (χ1v) is 14.0. The Morgan fingerprint density at radius 1 is 1.07 bits per heavy atom. The minimum atomic E-state index is -0.342. The number of halogens is 1. The molecule has 0 radical (unpaired) electrons. The molecule has 2 heterocycles. The summed E-state index contributed by atoms with van der Waals surface area (Å²) in [5.41, 5.74) is 10.9. The van der Waals surface area contributed by atoms with Crippen LogP contribution < -0.4 is 21.3 Å². The molecular weight excluding hydrogens is 497 g/mol. The summed E-state index contributed by atoms with van der Waals surface area (Å²) in [4.78, 5) is 4.47. The van der Waals surface area contributed by atoms with E-state index in [0.29, 0.717) is 11.6 Å². The van der Waals surface area contributed by atoms with Crippen molar-refractivity contribution in [3.63, 3.8) is 0 Å². The number of fused-ring (bicyclic) bond motifs is 1. The van der Waals surface area contributed by atoms with Gasteiger partial charge in [0.1, 0.15) is 11.6 Å². The van der Waals surface area contributed by atoms with Gasteiger partial charge in [0.05, 0.1) is 11.4 Å². The zero-order chi connectivity index (χ0) is 28.5. The molecule has 1 unspecified atom stereocenters. The van der Waals surface area contributed by atoms with Gasteiger partial charge in [-0.1, -0.05) is 79.9 Å². The van der Waals surface area contributed by atoms with Gasteiger partial charge in [0, 0.05) is 35.9 Å². The maximum Gasteiger partial charge on any atom is 0.128 e. The largest absolute Gasteiger partial charge is 0.383 e. The Bertz CT molecular complexity index is 1300. The van der Waals surface area contributed by atoms with Crippen LogP contribution in [0.5, 0.6) is 0 Å². The van der Waals surface area contributed by atoms with Crippen LogP contribution in [0.4, 0.5) is 15.8 Å². The number of hydrogen-bond donors (Lipinski definition) is 3. The SMILES string of the molecule is C=C(NCc1ccccc1)C1CCCN1C.C=CCN1C(=C)Nc2ccccc21.NC1(c2ccccc2F)CC1. The molecule has 3 aromatic carbocycles. The Kier molecular flexibility index (Phi) is 9.80. The van der Waals surface area contributed by atoms with Crippen LogP contribution in [0.15, 0.2) is 116 Å². The summed E-state index contributed by atoms with van der Waals surface area (Å²) in [5.74, 6) is 0.744. The first-order valence-electron chi connectivity index (χ1n) is 14.0. The van der Waals surface area contributed by atoms with Gasteiger partial charge in [-0.05, 0) is 63.0 Å². The monoisotopic (exact) mass is 539 g/mol. The third-order valence-corrected chi connectivity index (χ3v) is 7.60. The number of nitrogens with one attached hydrogen (secondary N) is 2. The molecule has 1 saturated heterocycles. The molecule has 6 rings (SSSR count). The Morgan fingerprint density at radius 3 is 2.40 bits per heavy atom. The molecule has 3 aromatic rings.